The topological polar surface area (TPSA) is 43.4 Å². The Morgan fingerprint density at radius 2 is 1.79 bits per heavy atom. The lowest BCUT2D eigenvalue weighted by Crippen LogP contribution is -2.22. The second-order valence-corrected chi connectivity index (χ2v) is 4.76. The largest absolute Gasteiger partial charge is 0.457 e. The van der Waals surface area contributed by atoms with E-state index in [1.165, 1.54) is 12.8 Å². The van der Waals surface area contributed by atoms with Crippen molar-refractivity contribution in [3.8, 4) is 0 Å². The summed E-state index contributed by atoms with van der Waals surface area (Å²) in [7, 11) is 0. The molecular formula is C16H22O3. The molecule has 104 valence electrons. The van der Waals surface area contributed by atoms with Crippen LogP contribution in [0.1, 0.15) is 56.3 Å². The highest BCUT2D eigenvalue weighted by Gasteiger charge is 2.19. The van der Waals surface area contributed by atoms with Crippen molar-refractivity contribution in [1.82, 2.24) is 0 Å². The first-order valence-electron chi connectivity index (χ1n) is 6.95. The van der Waals surface area contributed by atoms with Gasteiger partial charge in [-0.25, -0.2) is 4.79 Å². The minimum Gasteiger partial charge on any atom is -0.457 e. The van der Waals surface area contributed by atoms with E-state index >= 15 is 0 Å². The van der Waals surface area contributed by atoms with Crippen molar-refractivity contribution in [3.05, 3.63) is 35.9 Å². The number of ether oxygens (including phenoxy) is 1. The van der Waals surface area contributed by atoms with Crippen molar-refractivity contribution in [1.29, 1.82) is 0 Å². The fraction of sp³-hybridized carbons (Fsp3) is 0.500. The summed E-state index contributed by atoms with van der Waals surface area (Å²) in [6, 6.07) is 8.51. The van der Waals surface area contributed by atoms with Gasteiger partial charge in [-0.3, -0.25) is 4.79 Å². The van der Waals surface area contributed by atoms with Crippen LogP contribution in [-0.4, -0.2) is 17.9 Å². The van der Waals surface area contributed by atoms with Gasteiger partial charge in [0, 0.05) is 5.56 Å². The Hall–Kier alpha value is -1.64. The fourth-order valence-corrected chi connectivity index (χ4v) is 1.86. The minimum absolute atomic E-state index is 0.197. The summed E-state index contributed by atoms with van der Waals surface area (Å²) in [4.78, 5) is 23.5. The molecule has 3 heteroatoms. The Balaban J connectivity index is 2.36. The molecule has 0 aliphatic rings. The lowest BCUT2D eigenvalue weighted by Gasteiger charge is -2.12. The number of hydrogen-bond acceptors (Lipinski definition) is 3. The van der Waals surface area contributed by atoms with E-state index < -0.39 is 11.8 Å². The Morgan fingerprint density at radius 3 is 2.42 bits per heavy atom. The average Bonchev–Trinajstić information content (AvgIpc) is 2.43. The van der Waals surface area contributed by atoms with E-state index in [0.717, 1.165) is 19.3 Å². The standard InChI is InChI=1S/C16H22O3/c1-3-4-5-7-10-13(2)19-16(18)15(17)14-11-8-6-9-12-14/h6,8-9,11-13H,3-5,7,10H2,1-2H3/t13-/m0/s1. The van der Waals surface area contributed by atoms with E-state index in [2.05, 4.69) is 6.92 Å². The SMILES string of the molecule is CCCCCC[C@H](C)OC(=O)C(=O)c1ccccc1. The predicted octanol–water partition coefficient (Wildman–Crippen LogP) is 3.77. The Labute approximate surface area is 115 Å². The molecule has 0 unspecified atom stereocenters. The predicted molar refractivity (Wildman–Crippen MR) is 75.1 cm³/mol. The molecule has 0 radical (unpaired) electrons. The number of benzene rings is 1. The summed E-state index contributed by atoms with van der Waals surface area (Å²) < 4.78 is 5.16. The summed E-state index contributed by atoms with van der Waals surface area (Å²) in [5.74, 6) is -1.32. The molecule has 19 heavy (non-hydrogen) atoms. The molecule has 0 saturated carbocycles. The molecule has 1 rings (SSSR count). The summed E-state index contributed by atoms with van der Waals surface area (Å²) >= 11 is 0. The fourth-order valence-electron chi connectivity index (χ4n) is 1.86. The molecule has 0 spiro atoms. The molecule has 0 amide bonds. The van der Waals surface area contributed by atoms with E-state index in [4.69, 9.17) is 4.74 Å². The molecule has 0 aliphatic heterocycles. The maximum absolute atomic E-state index is 11.8. The van der Waals surface area contributed by atoms with Gasteiger partial charge in [0.15, 0.2) is 0 Å². The van der Waals surface area contributed by atoms with Crippen LogP contribution in [0.4, 0.5) is 0 Å². The van der Waals surface area contributed by atoms with Gasteiger partial charge in [0.2, 0.25) is 0 Å². The molecular weight excluding hydrogens is 240 g/mol. The highest BCUT2D eigenvalue weighted by Crippen LogP contribution is 2.09. The van der Waals surface area contributed by atoms with Gasteiger partial charge in [0.05, 0.1) is 6.10 Å². The Bertz CT molecular complexity index is 398. The number of Topliss-reactive ketones (excluding diaryl/α,β-unsaturated/α-hetero) is 1. The molecule has 0 fully saturated rings. The van der Waals surface area contributed by atoms with Gasteiger partial charge in [-0.05, 0) is 19.8 Å². The van der Waals surface area contributed by atoms with Gasteiger partial charge < -0.3 is 4.74 Å². The zero-order valence-electron chi connectivity index (χ0n) is 11.7. The third kappa shape index (κ3) is 5.69. The first-order valence-corrected chi connectivity index (χ1v) is 6.95. The Kier molecular flexibility index (Phi) is 6.86. The summed E-state index contributed by atoms with van der Waals surface area (Å²) in [6.45, 7) is 3.99. The second-order valence-electron chi connectivity index (χ2n) is 4.76. The highest BCUT2D eigenvalue weighted by molar-refractivity contribution is 6.40. The van der Waals surface area contributed by atoms with Gasteiger partial charge in [0.25, 0.3) is 5.78 Å². The number of unbranched alkanes of at least 4 members (excludes halogenated alkanes) is 3. The van der Waals surface area contributed by atoms with Crippen LogP contribution in [-0.2, 0) is 9.53 Å². The summed E-state index contributed by atoms with van der Waals surface area (Å²) in [5, 5.41) is 0. The first-order chi connectivity index (χ1) is 9.15. The van der Waals surface area contributed by atoms with Crippen LogP contribution in [0.5, 0.6) is 0 Å². The van der Waals surface area contributed by atoms with Crippen LogP contribution in [0.2, 0.25) is 0 Å². The van der Waals surface area contributed by atoms with Gasteiger partial charge in [-0.2, -0.15) is 0 Å². The van der Waals surface area contributed by atoms with Gasteiger partial charge >= 0.3 is 5.97 Å². The van der Waals surface area contributed by atoms with Crippen LogP contribution >= 0.6 is 0 Å². The number of carbonyl (C=O) groups is 2. The van der Waals surface area contributed by atoms with Crippen molar-refractivity contribution >= 4 is 11.8 Å². The average molecular weight is 262 g/mol. The quantitative estimate of drug-likeness (QED) is 0.310. The Morgan fingerprint density at radius 1 is 1.11 bits per heavy atom. The second kappa shape index (κ2) is 8.46. The monoisotopic (exact) mass is 262 g/mol. The normalized spacial score (nSPS) is 11.9. The van der Waals surface area contributed by atoms with Crippen molar-refractivity contribution in [2.45, 2.75) is 52.1 Å². The zero-order chi connectivity index (χ0) is 14.1. The van der Waals surface area contributed by atoms with Crippen LogP contribution in [0.3, 0.4) is 0 Å². The van der Waals surface area contributed by atoms with Gasteiger partial charge in [-0.15, -0.1) is 0 Å². The zero-order valence-corrected chi connectivity index (χ0v) is 11.7. The van der Waals surface area contributed by atoms with E-state index in [1.54, 1.807) is 30.3 Å². The minimum atomic E-state index is -0.755. The van der Waals surface area contributed by atoms with Crippen LogP contribution < -0.4 is 0 Å². The molecule has 0 heterocycles. The molecule has 3 nitrogen and oxygen atoms in total. The van der Waals surface area contributed by atoms with E-state index in [9.17, 15) is 9.59 Å². The number of esters is 1. The van der Waals surface area contributed by atoms with Crippen molar-refractivity contribution in [2.75, 3.05) is 0 Å². The highest BCUT2D eigenvalue weighted by atomic mass is 16.5. The van der Waals surface area contributed by atoms with E-state index in [1.807, 2.05) is 6.92 Å². The number of rotatable bonds is 8. The maximum atomic E-state index is 11.8. The molecule has 0 aromatic heterocycles. The molecule has 1 aromatic carbocycles. The lowest BCUT2D eigenvalue weighted by molar-refractivity contribution is -0.142. The van der Waals surface area contributed by atoms with Crippen molar-refractivity contribution < 1.29 is 14.3 Å². The van der Waals surface area contributed by atoms with Crippen LogP contribution in [0.25, 0.3) is 0 Å². The summed E-state index contributed by atoms with van der Waals surface area (Å²) in [6.07, 6.45) is 5.17. The van der Waals surface area contributed by atoms with Crippen LogP contribution in [0, 0.1) is 0 Å². The molecule has 0 N–H and O–H groups in total. The molecule has 0 bridgehead atoms. The van der Waals surface area contributed by atoms with Gasteiger partial charge in [-0.1, -0.05) is 56.5 Å². The summed E-state index contributed by atoms with van der Waals surface area (Å²) in [5.41, 5.74) is 0.380. The first kappa shape index (κ1) is 15.4. The third-order valence-corrected chi connectivity index (χ3v) is 2.99. The molecule has 0 saturated heterocycles. The molecule has 1 atom stereocenters. The maximum Gasteiger partial charge on any atom is 0.379 e. The van der Waals surface area contributed by atoms with E-state index in [-0.39, 0.29) is 6.10 Å². The number of carbonyl (C=O) groups excluding carboxylic acids is 2. The van der Waals surface area contributed by atoms with Crippen molar-refractivity contribution in [2.24, 2.45) is 0 Å². The number of hydrogen-bond donors (Lipinski definition) is 0. The smallest absolute Gasteiger partial charge is 0.379 e. The van der Waals surface area contributed by atoms with Crippen molar-refractivity contribution in [3.63, 3.8) is 0 Å². The lowest BCUT2D eigenvalue weighted by atomic mass is 10.1. The third-order valence-electron chi connectivity index (χ3n) is 2.99. The van der Waals surface area contributed by atoms with E-state index in [0.29, 0.717) is 5.56 Å². The number of ketones is 1. The van der Waals surface area contributed by atoms with Gasteiger partial charge in [0.1, 0.15) is 0 Å². The molecule has 1 aromatic rings. The van der Waals surface area contributed by atoms with Crippen LogP contribution in [0.15, 0.2) is 30.3 Å². The molecule has 0 aliphatic carbocycles.